The standard InChI is InChI=1S/C15H20F3NO4/c1-7-9-14(11(20)22-6,15(16,17)18)19(10-8-2)12(21)23-13(3,4)5/h2,7H,1,9-10H2,3-6H3. The molecule has 0 heterocycles. The fourth-order valence-corrected chi connectivity index (χ4v) is 1.83. The summed E-state index contributed by atoms with van der Waals surface area (Å²) >= 11 is 0. The molecule has 1 unspecified atom stereocenters. The Morgan fingerprint density at radius 1 is 1.30 bits per heavy atom. The Balaban J connectivity index is 6.24. The van der Waals surface area contributed by atoms with Crippen LogP contribution in [0.1, 0.15) is 27.2 Å². The maximum atomic E-state index is 13.7. The minimum Gasteiger partial charge on any atom is -0.467 e. The molecule has 0 spiro atoms. The van der Waals surface area contributed by atoms with Gasteiger partial charge in [-0.1, -0.05) is 12.0 Å². The summed E-state index contributed by atoms with van der Waals surface area (Å²) in [6.45, 7) is 6.84. The van der Waals surface area contributed by atoms with Crippen molar-refractivity contribution in [3.63, 3.8) is 0 Å². The minimum atomic E-state index is -5.15. The number of methoxy groups -OCH3 is 1. The number of ether oxygens (including phenoxy) is 2. The van der Waals surface area contributed by atoms with Crippen LogP contribution >= 0.6 is 0 Å². The van der Waals surface area contributed by atoms with Crippen molar-refractivity contribution in [1.29, 1.82) is 0 Å². The molecule has 0 radical (unpaired) electrons. The molecule has 0 bridgehead atoms. The number of esters is 1. The quantitative estimate of drug-likeness (QED) is 0.440. The number of carbonyl (C=O) groups is 2. The van der Waals surface area contributed by atoms with Crippen LogP contribution in [-0.4, -0.2) is 47.9 Å². The number of rotatable bonds is 5. The number of terminal acetylenes is 1. The summed E-state index contributed by atoms with van der Waals surface area (Å²) in [6.07, 6.45) is -1.53. The van der Waals surface area contributed by atoms with Gasteiger partial charge in [0, 0.05) is 6.42 Å². The normalized spacial score (nSPS) is 14.2. The summed E-state index contributed by atoms with van der Waals surface area (Å²) in [6, 6.07) is 0. The number of hydrogen-bond acceptors (Lipinski definition) is 4. The topological polar surface area (TPSA) is 55.8 Å². The first kappa shape index (κ1) is 20.8. The monoisotopic (exact) mass is 335 g/mol. The Labute approximate surface area is 133 Å². The molecule has 0 aliphatic rings. The van der Waals surface area contributed by atoms with Crippen LogP contribution in [-0.2, 0) is 14.3 Å². The molecule has 0 saturated carbocycles. The highest BCUT2D eigenvalue weighted by atomic mass is 19.4. The average molecular weight is 335 g/mol. The van der Waals surface area contributed by atoms with E-state index in [1.807, 2.05) is 5.92 Å². The molecule has 1 amide bonds. The molecule has 0 aromatic heterocycles. The van der Waals surface area contributed by atoms with Crippen molar-refractivity contribution in [2.24, 2.45) is 0 Å². The number of halogens is 3. The second-order valence-electron chi connectivity index (χ2n) is 5.61. The predicted octanol–water partition coefficient (Wildman–Crippen LogP) is 2.91. The third-order valence-corrected chi connectivity index (χ3v) is 2.76. The van der Waals surface area contributed by atoms with Gasteiger partial charge in [0.25, 0.3) is 0 Å². The van der Waals surface area contributed by atoms with Gasteiger partial charge in [0.1, 0.15) is 5.60 Å². The lowest BCUT2D eigenvalue weighted by molar-refractivity contribution is -0.233. The Morgan fingerprint density at radius 3 is 2.13 bits per heavy atom. The summed E-state index contributed by atoms with van der Waals surface area (Å²) in [5.74, 6) is 0.257. The smallest absolute Gasteiger partial charge is 0.423 e. The van der Waals surface area contributed by atoms with Crippen molar-refractivity contribution in [3.05, 3.63) is 12.7 Å². The molecule has 0 saturated heterocycles. The molecule has 23 heavy (non-hydrogen) atoms. The summed E-state index contributed by atoms with van der Waals surface area (Å²) in [4.78, 5) is 24.3. The fourth-order valence-electron chi connectivity index (χ4n) is 1.83. The van der Waals surface area contributed by atoms with Crippen molar-refractivity contribution >= 4 is 12.1 Å². The van der Waals surface area contributed by atoms with Crippen LogP contribution in [0.4, 0.5) is 18.0 Å². The highest BCUT2D eigenvalue weighted by molar-refractivity contribution is 5.87. The van der Waals surface area contributed by atoms with Gasteiger partial charge >= 0.3 is 18.2 Å². The number of nitrogens with zero attached hydrogens (tertiary/aromatic N) is 1. The van der Waals surface area contributed by atoms with Gasteiger partial charge in [-0.3, -0.25) is 4.90 Å². The van der Waals surface area contributed by atoms with Crippen molar-refractivity contribution in [2.45, 2.75) is 44.5 Å². The third-order valence-electron chi connectivity index (χ3n) is 2.76. The van der Waals surface area contributed by atoms with Crippen LogP contribution in [0.25, 0.3) is 0 Å². The van der Waals surface area contributed by atoms with Crippen molar-refractivity contribution in [1.82, 2.24) is 4.90 Å². The second-order valence-corrected chi connectivity index (χ2v) is 5.61. The van der Waals surface area contributed by atoms with Gasteiger partial charge in [-0.15, -0.1) is 13.0 Å². The summed E-state index contributed by atoms with van der Waals surface area (Å²) in [5.41, 5.74) is -4.39. The van der Waals surface area contributed by atoms with E-state index in [4.69, 9.17) is 11.2 Å². The number of alkyl halides is 3. The molecular weight excluding hydrogens is 315 g/mol. The van der Waals surface area contributed by atoms with Gasteiger partial charge in [-0.05, 0) is 20.8 Å². The first-order valence-electron chi connectivity index (χ1n) is 6.57. The first-order chi connectivity index (χ1) is 10.4. The number of amides is 1. The molecule has 0 N–H and O–H groups in total. The Hall–Kier alpha value is -2.17. The molecule has 1 atom stereocenters. The number of carbonyl (C=O) groups excluding carboxylic acids is 2. The highest BCUT2D eigenvalue weighted by Crippen LogP contribution is 2.40. The summed E-state index contributed by atoms with van der Waals surface area (Å²) in [5, 5.41) is 0. The largest absolute Gasteiger partial charge is 0.467 e. The van der Waals surface area contributed by atoms with Crippen LogP contribution in [0.5, 0.6) is 0 Å². The van der Waals surface area contributed by atoms with Crippen LogP contribution < -0.4 is 0 Å². The molecule has 0 rings (SSSR count). The lowest BCUT2D eigenvalue weighted by atomic mass is 9.92. The van der Waals surface area contributed by atoms with Gasteiger partial charge in [-0.25, -0.2) is 9.59 Å². The Morgan fingerprint density at radius 2 is 1.83 bits per heavy atom. The van der Waals surface area contributed by atoms with E-state index in [-0.39, 0.29) is 4.90 Å². The lowest BCUT2D eigenvalue weighted by Gasteiger charge is -2.41. The third kappa shape index (κ3) is 4.65. The van der Waals surface area contributed by atoms with Crippen molar-refractivity contribution in [3.8, 4) is 12.3 Å². The molecule has 0 fully saturated rings. The van der Waals surface area contributed by atoms with E-state index in [1.54, 1.807) is 0 Å². The first-order valence-corrected chi connectivity index (χ1v) is 6.57. The van der Waals surface area contributed by atoms with E-state index in [9.17, 15) is 22.8 Å². The molecule has 8 heteroatoms. The molecule has 5 nitrogen and oxygen atoms in total. The van der Waals surface area contributed by atoms with Gasteiger partial charge in [0.15, 0.2) is 0 Å². The Bertz CT molecular complexity index is 502. The zero-order valence-electron chi connectivity index (χ0n) is 13.5. The second kappa shape index (κ2) is 7.40. The van der Waals surface area contributed by atoms with E-state index >= 15 is 0 Å². The average Bonchev–Trinajstić information content (AvgIpc) is 2.38. The van der Waals surface area contributed by atoms with E-state index in [0.717, 1.165) is 13.2 Å². The van der Waals surface area contributed by atoms with E-state index < -0.39 is 42.3 Å². The van der Waals surface area contributed by atoms with Gasteiger partial charge in [0.05, 0.1) is 13.7 Å². The molecule has 0 aromatic carbocycles. The Kier molecular flexibility index (Phi) is 6.70. The van der Waals surface area contributed by atoms with Gasteiger partial charge in [0.2, 0.25) is 5.54 Å². The minimum absolute atomic E-state index is 0.145. The molecule has 0 aliphatic heterocycles. The summed E-state index contributed by atoms with van der Waals surface area (Å²) in [7, 11) is 0.787. The zero-order chi connectivity index (χ0) is 18.5. The van der Waals surface area contributed by atoms with Crippen LogP contribution in [0.15, 0.2) is 12.7 Å². The highest BCUT2D eigenvalue weighted by Gasteiger charge is 2.66. The van der Waals surface area contributed by atoms with Crippen molar-refractivity contribution in [2.75, 3.05) is 13.7 Å². The van der Waals surface area contributed by atoms with Gasteiger partial charge < -0.3 is 9.47 Å². The van der Waals surface area contributed by atoms with E-state index in [0.29, 0.717) is 0 Å². The molecule has 0 aromatic rings. The molecular formula is C15H20F3NO4. The maximum Gasteiger partial charge on any atom is 0.423 e. The SMILES string of the molecule is C#CCN(C(=O)OC(C)(C)C)C(CC=C)(C(=O)OC)C(F)(F)F. The van der Waals surface area contributed by atoms with E-state index in [2.05, 4.69) is 11.3 Å². The van der Waals surface area contributed by atoms with Crippen molar-refractivity contribution < 1.29 is 32.2 Å². The predicted molar refractivity (Wildman–Crippen MR) is 77.4 cm³/mol. The van der Waals surface area contributed by atoms with Crippen LogP contribution in [0.2, 0.25) is 0 Å². The summed E-state index contributed by atoms with van der Waals surface area (Å²) < 4.78 is 50.3. The zero-order valence-corrected chi connectivity index (χ0v) is 13.5. The van der Waals surface area contributed by atoms with E-state index in [1.165, 1.54) is 20.8 Å². The maximum absolute atomic E-state index is 13.7. The molecule has 0 aliphatic carbocycles. The number of hydrogen-bond donors (Lipinski definition) is 0. The fraction of sp³-hybridized carbons (Fsp3) is 0.600. The molecule has 130 valence electrons. The lowest BCUT2D eigenvalue weighted by Crippen LogP contribution is -2.66. The van der Waals surface area contributed by atoms with Crippen LogP contribution in [0.3, 0.4) is 0 Å². The van der Waals surface area contributed by atoms with Crippen LogP contribution in [0, 0.1) is 12.3 Å². The van der Waals surface area contributed by atoms with Gasteiger partial charge in [-0.2, -0.15) is 13.2 Å².